The molecular formula is C17H16N4O3S. The van der Waals surface area contributed by atoms with Gasteiger partial charge in [0.15, 0.2) is 9.84 Å². The highest BCUT2D eigenvalue weighted by Crippen LogP contribution is 2.17. The molecule has 7 nitrogen and oxygen atoms in total. The third-order valence-electron chi connectivity index (χ3n) is 3.87. The molecule has 0 bridgehead atoms. The fourth-order valence-electron chi connectivity index (χ4n) is 2.58. The number of pyridine rings is 1. The van der Waals surface area contributed by atoms with Gasteiger partial charge in [-0.05, 0) is 42.8 Å². The number of carbonyl (C=O) groups is 1. The third kappa shape index (κ3) is 4.33. The highest BCUT2D eigenvalue weighted by Gasteiger charge is 2.27. The van der Waals surface area contributed by atoms with Crippen molar-refractivity contribution in [2.24, 2.45) is 0 Å². The number of amides is 1. The van der Waals surface area contributed by atoms with E-state index in [1.165, 1.54) is 6.20 Å². The van der Waals surface area contributed by atoms with Crippen LogP contribution in [-0.2, 0) is 9.84 Å². The number of rotatable bonds is 4. The van der Waals surface area contributed by atoms with Gasteiger partial charge in [-0.25, -0.2) is 13.4 Å². The lowest BCUT2D eigenvalue weighted by atomic mass is 10.2. The Kier molecular flexibility index (Phi) is 4.67. The molecule has 2 aromatic rings. The Bertz CT molecular complexity index is 916. The van der Waals surface area contributed by atoms with E-state index in [1.54, 1.807) is 36.4 Å². The molecule has 1 fully saturated rings. The van der Waals surface area contributed by atoms with Crippen molar-refractivity contribution in [1.29, 1.82) is 5.26 Å². The molecule has 1 aliphatic rings. The van der Waals surface area contributed by atoms with Crippen molar-refractivity contribution in [2.75, 3.05) is 22.1 Å². The second-order valence-electron chi connectivity index (χ2n) is 5.82. The molecule has 8 heteroatoms. The Hall–Kier alpha value is -2.92. The summed E-state index contributed by atoms with van der Waals surface area (Å²) in [5, 5.41) is 14.6. The molecule has 1 aliphatic heterocycles. The van der Waals surface area contributed by atoms with E-state index in [2.05, 4.69) is 15.6 Å². The second kappa shape index (κ2) is 6.91. The van der Waals surface area contributed by atoms with Crippen LogP contribution in [0.15, 0.2) is 42.6 Å². The van der Waals surface area contributed by atoms with E-state index in [0.29, 0.717) is 23.4 Å². The predicted molar refractivity (Wildman–Crippen MR) is 94.0 cm³/mol. The van der Waals surface area contributed by atoms with E-state index in [-0.39, 0.29) is 29.1 Å². The number of hydrogen-bond acceptors (Lipinski definition) is 6. The quantitative estimate of drug-likeness (QED) is 0.864. The maximum Gasteiger partial charge on any atom is 0.274 e. The van der Waals surface area contributed by atoms with Crippen LogP contribution in [0.5, 0.6) is 0 Å². The number of hydrogen-bond donors (Lipinski definition) is 2. The van der Waals surface area contributed by atoms with Crippen LogP contribution in [0, 0.1) is 11.3 Å². The lowest BCUT2D eigenvalue weighted by molar-refractivity contribution is 0.102. The van der Waals surface area contributed by atoms with E-state index in [9.17, 15) is 13.2 Å². The first-order valence-electron chi connectivity index (χ1n) is 7.70. The molecule has 1 aromatic carbocycles. The van der Waals surface area contributed by atoms with Crippen molar-refractivity contribution in [2.45, 2.75) is 12.5 Å². The van der Waals surface area contributed by atoms with Crippen molar-refractivity contribution >= 4 is 27.1 Å². The molecule has 3 rings (SSSR count). The minimum absolute atomic E-state index is 0.119. The summed E-state index contributed by atoms with van der Waals surface area (Å²) in [4.78, 5) is 16.3. The van der Waals surface area contributed by atoms with Gasteiger partial charge >= 0.3 is 0 Å². The number of aromatic nitrogens is 1. The van der Waals surface area contributed by atoms with Crippen LogP contribution in [0.25, 0.3) is 0 Å². The molecule has 25 heavy (non-hydrogen) atoms. The van der Waals surface area contributed by atoms with Crippen molar-refractivity contribution in [3.8, 4) is 6.07 Å². The number of sulfone groups is 1. The van der Waals surface area contributed by atoms with E-state index >= 15 is 0 Å². The monoisotopic (exact) mass is 356 g/mol. The predicted octanol–water partition coefficient (Wildman–Crippen LogP) is 1.80. The van der Waals surface area contributed by atoms with Crippen molar-refractivity contribution in [3.63, 3.8) is 0 Å². The highest BCUT2D eigenvalue weighted by molar-refractivity contribution is 7.91. The Morgan fingerprint density at radius 2 is 1.88 bits per heavy atom. The summed E-state index contributed by atoms with van der Waals surface area (Å²) in [5.41, 5.74) is 2.01. The fraction of sp³-hybridized carbons (Fsp3) is 0.235. The minimum Gasteiger partial charge on any atom is -0.380 e. The average Bonchev–Trinajstić information content (AvgIpc) is 2.94. The van der Waals surface area contributed by atoms with Crippen molar-refractivity contribution < 1.29 is 13.2 Å². The molecule has 0 saturated carbocycles. The van der Waals surface area contributed by atoms with Gasteiger partial charge in [-0.15, -0.1) is 0 Å². The van der Waals surface area contributed by atoms with Gasteiger partial charge in [0.25, 0.3) is 5.91 Å². The summed E-state index contributed by atoms with van der Waals surface area (Å²) in [5.74, 6) is -0.0448. The summed E-state index contributed by atoms with van der Waals surface area (Å²) in [6.07, 6.45) is 2.09. The summed E-state index contributed by atoms with van der Waals surface area (Å²) in [7, 11) is -2.94. The van der Waals surface area contributed by atoms with Gasteiger partial charge < -0.3 is 10.6 Å². The first-order valence-corrected chi connectivity index (χ1v) is 9.52. The lowest BCUT2D eigenvalue weighted by Gasteiger charge is -2.12. The van der Waals surface area contributed by atoms with Gasteiger partial charge in [0.2, 0.25) is 0 Å². The van der Waals surface area contributed by atoms with Gasteiger partial charge in [-0.1, -0.05) is 0 Å². The molecule has 1 saturated heterocycles. The van der Waals surface area contributed by atoms with Gasteiger partial charge in [0.1, 0.15) is 5.69 Å². The first kappa shape index (κ1) is 16.9. The molecule has 0 spiro atoms. The van der Waals surface area contributed by atoms with E-state index < -0.39 is 9.84 Å². The molecule has 2 N–H and O–H groups in total. The van der Waals surface area contributed by atoms with Crippen LogP contribution in [-0.4, -0.2) is 36.9 Å². The summed E-state index contributed by atoms with van der Waals surface area (Å²) < 4.78 is 22.9. The van der Waals surface area contributed by atoms with Crippen LogP contribution >= 0.6 is 0 Å². The van der Waals surface area contributed by atoms with Crippen LogP contribution < -0.4 is 10.6 Å². The number of nitriles is 1. The Morgan fingerprint density at radius 3 is 2.44 bits per heavy atom. The molecule has 1 aromatic heterocycles. The Morgan fingerprint density at radius 1 is 1.16 bits per heavy atom. The maximum atomic E-state index is 12.2. The molecular weight excluding hydrogens is 340 g/mol. The molecule has 0 radical (unpaired) electrons. The molecule has 0 aliphatic carbocycles. The zero-order valence-electron chi connectivity index (χ0n) is 13.3. The smallest absolute Gasteiger partial charge is 0.274 e. The zero-order valence-corrected chi connectivity index (χ0v) is 14.1. The van der Waals surface area contributed by atoms with Gasteiger partial charge in [0.05, 0.1) is 35.0 Å². The zero-order chi connectivity index (χ0) is 17.9. The summed E-state index contributed by atoms with van der Waals surface area (Å²) in [6, 6.07) is 11.7. The van der Waals surface area contributed by atoms with Crippen molar-refractivity contribution in [1.82, 2.24) is 4.98 Å². The number of anilines is 2. The number of nitrogens with one attached hydrogen (secondary N) is 2. The normalized spacial score (nSPS) is 18.3. The summed E-state index contributed by atoms with van der Waals surface area (Å²) >= 11 is 0. The lowest BCUT2D eigenvalue weighted by Crippen LogP contribution is -2.21. The van der Waals surface area contributed by atoms with Gasteiger partial charge in [-0.2, -0.15) is 5.26 Å². The van der Waals surface area contributed by atoms with Crippen LogP contribution in [0.2, 0.25) is 0 Å². The Labute approximate surface area is 145 Å². The molecule has 2 heterocycles. The highest BCUT2D eigenvalue weighted by atomic mass is 32.2. The second-order valence-corrected chi connectivity index (χ2v) is 8.05. The van der Waals surface area contributed by atoms with Crippen LogP contribution in [0.3, 0.4) is 0 Å². The Balaban J connectivity index is 1.61. The number of nitrogens with zero attached hydrogens (tertiary/aromatic N) is 2. The van der Waals surface area contributed by atoms with E-state index in [4.69, 9.17) is 5.26 Å². The van der Waals surface area contributed by atoms with Crippen molar-refractivity contribution in [3.05, 3.63) is 53.9 Å². The fourth-order valence-corrected chi connectivity index (χ4v) is 4.25. The van der Waals surface area contributed by atoms with Gasteiger partial charge in [0, 0.05) is 11.7 Å². The molecule has 1 amide bonds. The first-order chi connectivity index (χ1) is 11.9. The molecule has 128 valence electrons. The number of benzene rings is 1. The van der Waals surface area contributed by atoms with Crippen LogP contribution in [0.1, 0.15) is 22.5 Å². The maximum absolute atomic E-state index is 12.2. The minimum atomic E-state index is -2.94. The molecule has 1 atom stereocenters. The summed E-state index contributed by atoms with van der Waals surface area (Å²) in [6.45, 7) is 0. The van der Waals surface area contributed by atoms with E-state index in [0.717, 1.165) is 0 Å². The largest absolute Gasteiger partial charge is 0.380 e. The van der Waals surface area contributed by atoms with Crippen LogP contribution in [0.4, 0.5) is 11.4 Å². The third-order valence-corrected chi connectivity index (χ3v) is 5.64. The SMILES string of the molecule is N#Cc1ccc(NC(=O)c2ccc(NC3CCS(=O)(=O)C3)cn2)cc1. The molecule has 1 unspecified atom stereocenters. The average molecular weight is 356 g/mol. The van der Waals surface area contributed by atoms with E-state index in [1.807, 2.05) is 6.07 Å². The number of carbonyl (C=O) groups excluding carboxylic acids is 1. The standard InChI is InChI=1S/C17H16N4O3S/c18-9-12-1-3-13(4-2-12)21-17(22)16-6-5-14(10-19-16)20-15-7-8-25(23,24)11-15/h1-6,10,15,20H,7-8,11H2,(H,21,22). The topological polar surface area (TPSA) is 112 Å². The van der Waals surface area contributed by atoms with Gasteiger partial charge in [-0.3, -0.25) is 4.79 Å².